The molecule has 3 rings (SSSR count). The number of fused-ring (bicyclic) bond motifs is 2. The van der Waals surface area contributed by atoms with E-state index in [9.17, 15) is 14.0 Å². The standard InChI is InChI=1S/C12H10FNO3/c1-5-8(13)3-2-6-9(5)14-11(17)12(6)4-7(12)10(15)16/h2-3,7H,4H2,1H3,(H,14,17)(H,15,16). The fraction of sp³-hybridized carbons (Fsp3) is 0.333. The van der Waals surface area contributed by atoms with E-state index in [4.69, 9.17) is 5.11 Å². The monoisotopic (exact) mass is 235 g/mol. The summed E-state index contributed by atoms with van der Waals surface area (Å²) in [5.41, 5.74) is 0.468. The minimum atomic E-state index is -0.977. The summed E-state index contributed by atoms with van der Waals surface area (Å²) in [6.07, 6.45) is 0.298. The van der Waals surface area contributed by atoms with Crippen molar-refractivity contribution in [1.82, 2.24) is 0 Å². The van der Waals surface area contributed by atoms with Gasteiger partial charge in [0.1, 0.15) is 5.82 Å². The molecule has 1 aromatic carbocycles. The Balaban J connectivity index is 2.17. The molecule has 1 heterocycles. The first-order chi connectivity index (χ1) is 7.98. The molecule has 1 aliphatic carbocycles. The first-order valence-corrected chi connectivity index (χ1v) is 5.32. The minimum absolute atomic E-state index is 0.298. The van der Waals surface area contributed by atoms with E-state index in [2.05, 4.69) is 5.32 Å². The normalized spacial score (nSPS) is 29.1. The molecular formula is C12H10FNO3. The van der Waals surface area contributed by atoms with Crippen LogP contribution in [0.5, 0.6) is 0 Å². The summed E-state index contributed by atoms with van der Waals surface area (Å²) in [5, 5.41) is 11.6. The number of hydrogen-bond acceptors (Lipinski definition) is 2. The van der Waals surface area contributed by atoms with Crippen LogP contribution in [-0.2, 0) is 15.0 Å². The number of carboxylic acid groups (broad SMARTS) is 1. The highest BCUT2D eigenvalue weighted by Crippen LogP contribution is 2.60. The number of carboxylic acids is 1. The van der Waals surface area contributed by atoms with Gasteiger partial charge in [-0.15, -0.1) is 0 Å². The number of anilines is 1. The van der Waals surface area contributed by atoms with E-state index in [0.29, 0.717) is 23.2 Å². The Kier molecular flexibility index (Phi) is 1.72. The Morgan fingerprint density at radius 3 is 2.88 bits per heavy atom. The van der Waals surface area contributed by atoms with Crippen molar-refractivity contribution >= 4 is 17.6 Å². The maximum Gasteiger partial charge on any atom is 0.307 e. The number of amides is 1. The Morgan fingerprint density at radius 1 is 1.59 bits per heavy atom. The zero-order valence-electron chi connectivity index (χ0n) is 9.08. The maximum absolute atomic E-state index is 13.4. The van der Waals surface area contributed by atoms with Gasteiger partial charge in [-0.1, -0.05) is 6.07 Å². The van der Waals surface area contributed by atoms with Crippen LogP contribution in [0.15, 0.2) is 12.1 Å². The quantitative estimate of drug-likeness (QED) is 0.773. The van der Waals surface area contributed by atoms with E-state index >= 15 is 0 Å². The highest BCUT2D eigenvalue weighted by atomic mass is 19.1. The summed E-state index contributed by atoms with van der Waals surface area (Å²) in [6, 6.07) is 2.80. The van der Waals surface area contributed by atoms with Crippen LogP contribution >= 0.6 is 0 Å². The number of halogens is 1. The lowest BCUT2D eigenvalue weighted by Gasteiger charge is -2.07. The minimum Gasteiger partial charge on any atom is -0.481 e. The number of carbonyl (C=O) groups is 2. The van der Waals surface area contributed by atoms with Crippen molar-refractivity contribution in [3.63, 3.8) is 0 Å². The third-order valence-electron chi connectivity index (χ3n) is 3.78. The first-order valence-electron chi connectivity index (χ1n) is 5.32. The van der Waals surface area contributed by atoms with Crippen molar-refractivity contribution in [2.75, 3.05) is 5.32 Å². The molecule has 0 bridgehead atoms. The van der Waals surface area contributed by atoms with Gasteiger partial charge in [-0.3, -0.25) is 9.59 Å². The van der Waals surface area contributed by atoms with Crippen molar-refractivity contribution in [2.24, 2.45) is 5.92 Å². The lowest BCUT2D eigenvalue weighted by molar-refractivity contribution is -0.140. The van der Waals surface area contributed by atoms with Gasteiger partial charge in [0.05, 0.1) is 17.0 Å². The second kappa shape index (κ2) is 2.85. The zero-order valence-corrected chi connectivity index (χ0v) is 9.08. The molecule has 0 aromatic heterocycles. The molecule has 2 unspecified atom stereocenters. The molecule has 2 atom stereocenters. The summed E-state index contributed by atoms with van der Waals surface area (Å²) in [4.78, 5) is 22.9. The topological polar surface area (TPSA) is 66.4 Å². The first kappa shape index (κ1) is 10.3. The van der Waals surface area contributed by atoms with Crippen LogP contribution in [-0.4, -0.2) is 17.0 Å². The van der Waals surface area contributed by atoms with Crippen molar-refractivity contribution in [3.05, 3.63) is 29.1 Å². The average molecular weight is 235 g/mol. The van der Waals surface area contributed by atoms with E-state index in [1.54, 1.807) is 6.92 Å². The van der Waals surface area contributed by atoms with Crippen LogP contribution in [0.4, 0.5) is 10.1 Å². The predicted molar refractivity (Wildman–Crippen MR) is 57.2 cm³/mol. The van der Waals surface area contributed by atoms with Gasteiger partial charge < -0.3 is 10.4 Å². The molecule has 5 heteroatoms. The Bertz CT molecular complexity index is 569. The van der Waals surface area contributed by atoms with Crippen LogP contribution < -0.4 is 5.32 Å². The largest absolute Gasteiger partial charge is 0.481 e. The number of benzene rings is 1. The van der Waals surface area contributed by atoms with E-state index < -0.39 is 23.1 Å². The van der Waals surface area contributed by atoms with Crippen LogP contribution in [0, 0.1) is 18.7 Å². The van der Waals surface area contributed by atoms with Gasteiger partial charge in [-0.25, -0.2) is 4.39 Å². The fourth-order valence-corrected chi connectivity index (χ4v) is 2.68. The molecule has 0 saturated heterocycles. The lowest BCUT2D eigenvalue weighted by atomic mass is 9.93. The van der Waals surface area contributed by atoms with E-state index in [1.165, 1.54) is 12.1 Å². The summed E-state index contributed by atoms with van der Waals surface area (Å²) in [6.45, 7) is 1.58. The van der Waals surface area contributed by atoms with Crippen LogP contribution in [0.3, 0.4) is 0 Å². The van der Waals surface area contributed by atoms with Crippen molar-refractivity contribution < 1.29 is 19.1 Å². The molecule has 4 nitrogen and oxygen atoms in total. The molecule has 17 heavy (non-hydrogen) atoms. The number of hydrogen-bond donors (Lipinski definition) is 2. The highest BCUT2D eigenvalue weighted by molar-refractivity contribution is 6.12. The van der Waals surface area contributed by atoms with E-state index in [1.807, 2.05) is 0 Å². The predicted octanol–water partition coefficient (Wildman–Crippen LogP) is 1.43. The van der Waals surface area contributed by atoms with Crippen molar-refractivity contribution in [2.45, 2.75) is 18.8 Å². The molecule has 1 fully saturated rings. The molecule has 88 valence electrons. The highest BCUT2D eigenvalue weighted by Gasteiger charge is 2.68. The summed E-state index contributed by atoms with van der Waals surface area (Å²) in [7, 11) is 0. The van der Waals surface area contributed by atoms with Gasteiger partial charge >= 0.3 is 5.97 Å². The second-order valence-corrected chi connectivity index (χ2v) is 4.62. The number of rotatable bonds is 1. The Labute approximate surface area is 96.4 Å². The van der Waals surface area contributed by atoms with E-state index in [0.717, 1.165) is 0 Å². The number of aliphatic carboxylic acids is 1. The molecule has 2 N–H and O–H groups in total. The SMILES string of the molecule is Cc1c(F)ccc2c1NC(=O)C21CC1C(=O)O. The maximum atomic E-state index is 13.4. The molecule has 1 amide bonds. The number of nitrogens with one attached hydrogen (secondary N) is 1. The molecular weight excluding hydrogens is 225 g/mol. The molecule has 1 aliphatic heterocycles. The Hall–Kier alpha value is -1.91. The molecule has 2 aliphatic rings. The van der Waals surface area contributed by atoms with E-state index in [-0.39, 0.29) is 5.91 Å². The van der Waals surface area contributed by atoms with Gasteiger partial charge in [0, 0.05) is 5.56 Å². The lowest BCUT2D eigenvalue weighted by Crippen LogP contribution is -2.24. The molecule has 1 spiro atoms. The molecule has 1 saturated carbocycles. The van der Waals surface area contributed by atoms with Gasteiger partial charge in [0.2, 0.25) is 5.91 Å². The summed E-state index contributed by atoms with van der Waals surface area (Å²) in [5.74, 6) is -2.38. The third-order valence-corrected chi connectivity index (χ3v) is 3.78. The van der Waals surface area contributed by atoms with Gasteiger partial charge in [-0.2, -0.15) is 0 Å². The number of carbonyl (C=O) groups excluding carboxylic acids is 1. The molecule has 1 aromatic rings. The zero-order chi connectivity index (χ0) is 12.4. The van der Waals surface area contributed by atoms with Crippen LogP contribution in [0.25, 0.3) is 0 Å². The summed E-state index contributed by atoms with van der Waals surface area (Å²) >= 11 is 0. The fourth-order valence-electron chi connectivity index (χ4n) is 2.68. The van der Waals surface area contributed by atoms with Gasteiger partial charge in [-0.05, 0) is 25.0 Å². The van der Waals surface area contributed by atoms with Crippen LogP contribution in [0.1, 0.15) is 17.5 Å². The van der Waals surface area contributed by atoms with Gasteiger partial charge in [0.15, 0.2) is 0 Å². The van der Waals surface area contributed by atoms with Crippen molar-refractivity contribution in [1.29, 1.82) is 0 Å². The smallest absolute Gasteiger partial charge is 0.307 e. The Morgan fingerprint density at radius 2 is 2.29 bits per heavy atom. The molecule has 0 radical (unpaired) electrons. The second-order valence-electron chi connectivity index (χ2n) is 4.62. The third kappa shape index (κ3) is 1.06. The van der Waals surface area contributed by atoms with Crippen LogP contribution in [0.2, 0.25) is 0 Å². The average Bonchev–Trinajstić information content (AvgIpc) is 2.94. The van der Waals surface area contributed by atoms with Gasteiger partial charge in [0.25, 0.3) is 0 Å². The van der Waals surface area contributed by atoms with Crippen molar-refractivity contribution in [3.8, 4) is 0 Å². The summed E-state index contributed by atoms with van der Waals surface area (Å²) < 4.78 is 13.4.